The molecule has 4 heteroatoms. The zero-order valence-electron chi connectivity index (χ0n) is 6.56. The number of aliphatic hydroxyl groups is 1. The number of rotatable bonds is 3. The van der Waals surface area contributed by atoms with Gasteiger partial charge in [0.15, 0.2) is 0 Å². The average molecular weight is 165 g/mol. The predicted molar refractivity (Wildman–Crippen MR) is 37.6 cm³/mol. The van der Waals surface area contributed by atoms with Crippen molar-refractivity contribution in [3.63, 3.8) is 0 Å². The van der Waals surface area contributed by atoms with Crippen molar-refractivity contribution in [1.82, 2.24) is 4.90 Å². The summed E-state index contributed by atoms with van der Waals surface area (Å²) in [5.74, 6) is -2.38. The van der Waals surface area contributed by atoms with Crippen LogP contribution in [0.2, 0.25) is 0 Å². The molecule has 0 saturated carbocycles. The van der Waals surface area contributed by atoms with Crippen molar-refractivity contribution in [2.75, 3.05) is 26.2 Å². The van der Waals surface area contributed by atoms with Crippen LogP contribution in [0.4, 0.5) is 8.78 Å². The highest BCUT2D eigenvalue weighted by Gasteiger charge is 2.32. The van der Waals surface area contributed by atoms with Crippen LogP contribution in [0, 0.1) is 5.92 Å². The highest BCUT2D eigenvalue weighted by Crippen LogP contribution is 2.20. The van der Waals surface area contributed by atoms with Gasteiger partial charge in [0.1, 0.15) is 0 Å². The van der Waals surface area contributed by atoms with Crippen LogP contribution in [0.15, 0.2) is 0 Å². The van der Waals surface area contributed by atoms with E-state index < -0.39 is 5.92 Å². The summed E-state index contributed by atoms with van der Waals surface area (Å²) in [6, 6.07) is 0. The molecule has 1 fully saturated rings. The molecule has 1 heterocycles. The lowest BCUT2D eigenvalue weighted by molar-refractivity contribution is -0.0540. The number of alkyl halides is 2. The van der Waals surface area contributed by atoms with E-state index >= 15 is 0 Å². The van der Waals surface area contributed by atoms with Crippen molar-refractivity contribution < 1.29 is 13.9 Å². The molecule has 0 aromatic rings. The molecule has 11 heavy (non-hydrogen) atoms. The first-order valence-corrected chi connectivity index (χ1v) is 3.72. The van der Waals surface area contributed by atoms with E-state index in [1.807, 2.05) is 0 Å². The average Bonchev–Trinajstić information content (AvgIpc) is 1.75. The normalized spacial score (nSPS) is 21.8. The molecule has 0 aromatic carbocycles. The minimum atomic E-state index is -2.60. The predicted octanol–water partition coefficient (Wildman–Crippen LogP) is 0.566. The number of nitrogens with zero attached hydrogens (tertiary/aromatic N) is 1. The Morgan fingerprint density at radius 2 is 2.09 bits per heavy atom. The molecular weight excluding hydrogens is 152 g/mol. The summed E-state index contributed by atoms with van der Waals surface area (Å²) >= 11 is 0. The fourth-order valence-corrected chi connectivity index (χ4v) is 1.31. The molecule has 0 aliphatic carbocycles. The third kappa shape index (κ3) is 2.71. The zero-order valence-corrected chi connectivity index (χ0v) is 6.56. The van der Waals surface area contributed by atoms with E-state index in [-0.39, 0.29) is 19.1 Å². The SMILES string of the molecule is CC(F)(F)CN1CC(CO)C1. The van der Waals surface area contributed by atoms with E-state index in [9.17, 15) is 8.78 Å². The van der Waals surface area contributed by atoms with Gasteiger partial charge in [-0.05, 0) is 0 Å². The first-order chi connectivity index (χ1) is 5.01. The van der Waals surface area contributed by atoms with Gasteiger partial charge >= 0.3 is 0 Å². The minimum absolute atomic E-state index is 0.117. The Morgan fingerprint density at radius 1 is 1.55 bits per heavy atom. The van der Waals surface area contributed by atoms with Crippen molar-refractivity contribution in [3.05, 3.63) is 0 Å². The second kappa shape index (κ2) is 3.03. The van der Waals surface area contributed by atoms with Gasteiger partial charge in [-0.3, -0.25) is 4.90 Å². The van der Waals surface area contributed by atoms with Gasteiger partial charge in [0.2, 0.25) is 0 Å². The topological polar surface area (TPSA) is 23.5 Å². The molecule has 0 atom stereocenters. The van der Waals surface area contributed by atoms with Crippen LogP contribution in [0.25, 0.3) is 0 Å². The van der Waals surface area contributed by atoms with Crippen molar-refractivity contribution in [1.29, 1.82) is 0 Å². The maximum Gasteiger partial charge on any atom is 0.257 e. The molecule has 66 valence electrons. The van der Waals surface area contributed by atoms with Crippen molar-refractivity contribution in [2.45, 2.75) is 12.8 Å². The molecule has 0 unspecified atom stereocenters. The Bertz CT molecular complexity index is 129. The van der Waals surface area contributed by atoms with Crippen molar-refractivity contribution >= 4 is 0 Å². The molecule has 1 rings (SSSR count). The molecule has 1 aliphatic rings. The third-order valence-corrected chi connectivity index (χ3v) is 1.79. The summed E-state index contributed by atoms with van der Waals surface area (Å²) in [6.07, 6.45) is 0. The number of hydrogen-bond acceptors (Lipinski definition) is 2. The molecule has 0 bridgehead atoms. The van der Waals surface area contributed by atoms with Crippen LogP contribution in [-0.4, -0.2) is 42.2 Å². The van der Waals surface area contributed by atoms with E-state index in [0.29, 0.717) is 13.1 Å². The van der Waals surface area contributed by atoms with Gasteiger partial charge in [-0.25, -0.2) is 8.78 Å². The largest absolute Gasteiger partial charge is 0.396 e. The second-order valence-electron chi connectivity index (χ2n) is 3.31. The molecule has 1 aliphatic heterocycles. The summed E-state index contributed by atoms with van der Waals surface area (Å²) in [4.78, 5) is 1.65. The number of aliphatic hydroxyl groups excluding tert-OH is 1. The fraction of sp³-hybridized carbons (Fsp3) is 1.00. The van der Waals surface area contributed by atoms with Crippen molar-refractivity contribution in [2.24, 2.45) is 5.92 Å². The van der Waals surface area contributed by atoms with Crippen LogP contribution >= 0.6 is 0 Å². The Hall–Kier alpha value is -0.220. The molecular formula is C7H13F2NO. The lowest BCUT2D eigenvalue weighted by Gasteiger charge is -2.39. The standard InChI is InChI=1S/C7H13F2NO/c1-7(8,9)5-10-2-6(3-10)4-11/h6,11H,2-5H2,1H3. The smallest absolute Gasteiger partial charge is 0.257 e. The van der Waals surface area contributed by atoms with Gasteiger partial charge < -0.3 is 5.11 Å². The van der Waals surface area contributed by atoms with Crippen LogP contribution in [0.1, 0.15) is 6.92 Å². The Labute approximate surface area is 64.8 Å². The van der Waals surface area contributed by atoms with Gasteiger partial charge in [0.05, 0.1) is 6.54 Å². The molecule has 0 amide bonds. The van der Waals surface area contributed by atoms with E-state index in [4.69, 9.17) is 5.11 Å². The van der Waals surface area contributed by atoms with Crippen LogP contribution in [-0.2, 0) is 0 Å². The van der Waals surface area contributed by atoms with Crippen LogP contribution in [0.3, 0.4) is 0 Å². The zero-order chi connectivity index (χ0) is 8.48. The summed E-state index contributed by atoms with van der Waals surface area (Å²) in [5.41, 5.74) is 0. The number of likely N-dealkylation sites (tertiary alicyclic amines) is 1. The highest BCUT2D eigenvalue weighted by molar-refractivity contribution is 4.81. The lowest BCUT2D eigenvalue weighted by atomic mass is 10.0. The van der Waals surface area contributed by atoms with Crippen LogP contribution in [0.5, 0.6) is 0 Å². The second-order valence-corrected chi connectivity index (χ2v) is 3.31. The first-order valence-electron chi connectivity index (χ1n) is 3.72. The van der Waals surface area contributed by atoms with Gasteiger partial charge in [0, 0.05) is 32.5 Å². The molecule has 0 aromatic heterocycles. The van der Waals surface area contributed by atoms with Gasteiger partial charge in [-0.15, -0.1) is 0 Å². The van der Waals surface area contributed by atoms with Gasteiger partial charge in [0.25, 0.3) is 5.92 Å². The maximum atomic E-state index is 12.3. The van der Waals surface area contributed by atoms with E-state index in [0.717, 1.165) is 6.92 Å². The summed E-state index contributed by atoms with van der Waals surface area (Å²) in [5, 5.41) is 8.59. The molecule has 1 saturated heterocycles. The Kier molecular flexibility index (Phi) is 2.44. The fourth-order valence-electron chi connectivity index (χ4n) is 1.31. The highest BCUT2D eigenvalue weighted by atomic mass is 19.3. The third-order valence-electron chi connectivity index (χ3n) is 1.79. The Morgan fingerprint density at radius 3 is 2.45 bits per heavy atom. The van der Waals surface area contributed by atoms with Gasteiger partial charge in [-0.2, -0.15) is 0 Å². The molecule has 2 nitrogen and oxygen atoms in total. The van der Waals surface area contributed by atoms with Crippen LogP contribution < -0.4 is 0 Å². The quantitative estimate of drug-likeness (QED) is 0.660. The summed E-state index contributed by atoms with van der Waals surface area (Å²) in [7, 11) is 0. The van der Waals surface area contributed by atoms with E-state index in [1.54, 1.807) is 4.90 Å². The number of hydrogen-bond donors (Lipinski definition) is 1. The van der Waals surface area contributed by atoms with Crippen molar-refractivity contribution in [3.8, 4) is 0 Å². The molecule has 1 N–H and O–H groups in total. The summed E-state index contributed by atoms with van der Waals surface area (Å²) in [6.45, 7) is 2.08. The van der Waals surface area contributed by atoms with E-state index in [1.165, 1.54) is 0 Å². The van der Waals surface area contributed by atoms with E-state index in [2.05, 4.69) is 0 Å². The first kappa shape index (κ1) is 8.87. The number of halogens is 2. The molecule has 0 spiro atoms. The molecule has 0 radical (unpaired) electrons. The monoisotopic (exact) mass is 165 g/mol. The minimum Gasteiger partial charge on any atom is -0.396 e. The van der Waals surface area contributed by atoms with Gasteiger partial charge in [-0.1, -0.05) is 0 Å². The Balaban J connectivity index is 2.14. The lowest BCUT2D eigenvalue weighted by Crippen LogP contribution is -2.51. The maximum absolute atomic E-state index is 12.3. The summed E-state index contributed by atoms with van der Waals surface area (Å²) < 4.78 is 24.6.